The molecule has 1 amide bonds. The van der Waals surface area contributed by atoms with Crippen LogP contribution in [-0.2, 0) is 11.3 Å². The normalized spacial score (nSPS) is 10.6. The minimum atomic E-state index is -0.0785. The van der Waals surface area contributed by atoms with E-state index in [9.17, 15) is 4.79 Å². The molecule has 110 valence electrons. The minimum Gasteiger partial charge on any atom is -0.320 e. The Morgan fingerprint density at radius 3 is 2.45 bits per heavy atom. The van der Waals surface area contributed by atoms with Gasteiger partial charge in [-0.2, -0.15) is 0 Å². The van der Waals surface area contributed by atoms with Gasteiger partial charge in [-0.3, -0.25) is 4.79 Å². The van der Waals surface area contributed by atoms with Gasteiger partial charge in [0.05, 0.1) is 0 Å². The zero-order valence-corrected chi connectivity index (χ0v) is 12.7. The molecule has 0 spiro atoms. The van der Waals surface area contributed by atoms with Crippen LogP contribution in [0.5, 0.6) is 0 Å². The maximum absolute atomic E-state index is 12.3. The molecule has 0 aliphatic rings. The van der Waals surface area contributed by atoms with Gasteiger partial charge in [-0.25, -0.2) is 0 Å². The van der Waals surface area contributed by atoms with Crippen molar-refractivity contribution in [2.45, 2.75) is 20.4 Å². The number of fused-ring (bicyclic) bond motifs is 1. The summed E-state index contributed by atoms with van der Waals surface area (Å²) < 4.78 is 1.66. The molecule has 1 N–H and O–H groups in total. The van der Waals surface area contributed by atoms with Gasteiger partial charge >= 0.3 is 0 Å². The first-order valence-electron chi connectivity index (χ1n) is 7.24. The number of nitrogens with zero attached hydrogens (tertiary/aromatic N) is 2. The lowest BCUT2D eigenvalue weighted by Gasteiger charge is -2.09. The molecule has 0 fully saturated rings. The van der Waals surface area contributed by atoms with E-state index in [4.69, 9.17) is 0 Å². The number of hydrogen-bond donors (Lipinski definition) is 1. The molecule has 0 saturated heterocycles. The zero-order chi connectivity index (χ0) is 15.5. The van der Waals surface area contributed by atoms with E-state index in [-0.39, 0.29) is 12.5 Å². The Hall–Kier alpha value is -2.75. The number of para-hydroxylation sites is 1. The molecule has 4 nitrogen and oxygen atoms in total. The van der Waals surface area contributed by atoms with E-state index in [0.29, 0.717) is 0 Å². The number of aromatic nitrogens is 2. The molecular formula is C18H18N3O+. The second kappa shape index (κ2) is 5.93. The molecule has 1 aromatic heterocycles. The summed E-state index contributed by atoms with van der Waals surface area (Å²) in [5, 5.41) is 9.40. The van der Waals surface area contributed by atoms with Crippen LogP contribution in [0.15, 0.2) is 54.9 Å². The van der Waals surface area contributed by atoms with Crippen molar-refractivity contribution >= 4 is 22.4 Å². The van der Waals surface area contributed by atoms with E-state index in [1.54, 1.807) is 10.9 Å². The lowest BCUT2D eigenvalue weighted by molar-refractivity contribution is -0.740. The van der Waals surface area contributed by atoms with Crippen molar-refractivity contribution in [2.24, 2.45) is 0 Å². The molecule has 2 aromatic carbocycles. The molecule has 0 unspecified atom stereocenters. The van der Waals surface area contributed by atoms with Crippen LogP contribution in [0, 0.1) is 13.8 Å². The van der Waals surface area contributed by atoms with Crippen LogP contribution in [0.3, 0.4) is 0 Å². The van der Waals surface area contributed by atoms with Crippen LogP contribution in [0.2, 0.25) is 0 Å². The lowest BCUT2D eigenvalue weighted by atomic mass is 10.1. The molecule has 22 heavy (non-hydrogen) atoms. The number of rotatable bonds is 3. The fourth-order valence-corrected chi connectivity index (χ4v) is 2.50. The largest absolute Gasteiger partial charge is 0.320 e. The third kappa shape index (κ3) is 2.96. The third-order valence-electron chi connectivity index (χ3n) is 3.68. The van der Waals surface area contributed by atoms with Gasteiger partial charge in [0.1, 0.15) is 6.20 Å². The summed E-state index contributed by atoms with van der Waals surface area (Å²) >= 11 is 0. The molecule has 3 aromatic rings. The zero-order valence-electron chi connectivity index (χ0n) is 12.7. The number of anilines is 1. The monoisotopic (exact) mass is 292 g/mol. The maximum atomic E-state index is 12.3. The first kappa shape index (κ1) is 14.2. The number of carbonyl (C=O) groups excluding carboxylic acids is 1. The lowest BCUT2D eigenvalue weighted by Crippen LogP contribution is -2.43. The molecular weight excluding hydrogens is 274 g/mol. The highest BCUT2D eigenvalue weighted by molar-refractivity contribution is 5.91. The van der Waals surface area contributed by atoms with Crippen LogP contribution in [0.1, 0.15) is 11.1 Å². The Labute approximate surface area is 129 Å². The van der Waals surface area contributed by atoms with E-state index in [1.807, 2.05) is 62.5 Å². The summed E-state index contributed by atoms with van der Waals surface area (Å²) in [5.41, 5.74) is 3.00. The highest BCUT2D eigenvalue weighted by atomic mass is 16.2. The average molecular weight is 292 g/mol. The summed E-state index contributed by atoms with van der Waals surface area (Å²) in [6, 6.07) is 13.9. The van der Waals surface area contributed by atoms with Gasteiger partial charge in [0.2, 0.25) is 6.20 Å². The smallest absolute Gasteiger partial charge is 0.292 e. The van der Waals surface area contributed by atoms with Gasteiger partial charge in [-0.05, 0) is 36.1 Å². The van der Waals surface area contributed by atoms with Crippen molar-refractivity contribution in [3.05, 3.63) is 66.0 Å². The fraction of sp³-hybridized carbons (Fsp3) is 0.167. The van der Waals surface area contributed by atoms with Crippen LogP contribution in [0.25, 0.3) is 10.8 Å². The number of carbonyl (C=O) groups is 1. The molecule has 3 rings (SSSR count). The number of nitrogens with one attached hydrogen (secondary N) is 1. The molecule has 0 aliphatic heterocycles. The van der Waals surface area contributed by atoms with Crippen LogP contribution in [0.4, 0.5) is 5.69 Å². The highest BCUT2D eigenvalue weighted by Gasteiger charge is 2.14. The van der Waals surface area contributed by atoms with E-state index in [1.165, 1.54) is 0 Å². The van der Waals surface area contributed by atoms with E-state index < -0.39 is 0 Å². The molecule has 0 radical (unpaired) electrons. The van der Waals surface area contributed by atoms with Gasteiger partial charge in [-0.1, -0.05) is 41.1 Å². The van der Waals surface area contributed by atoms with Crippen molar-refractivity contribution in [1.29, 1.82) is 0 Å². The molecule has 0 bridgehead atoms. The summed E-state index contributed by atoms with van der Waals surface area (Å²) in [6.07, 6.45) is 3.67. The predicted octanol–water partition coefficient (Wildman–Crippen LogP) is 2.78. The Bertz CT molecular complexity index is 822. The van der Waals surface area contributed by atoms with E-state index >= 15 is 0 Å². The van der Waals surface area contributed by atoms with Gasteiger partial charge in [0.15, 0.2) is 0 Å². The van der Waals surface area contributed by atoms with Gasteiger partial charge in [-0.15, -0.1) is 0 Å². The fourth-order valence-electron chi connectivity index (χ4n) is 2.50. The third-order valence-corrected chi connectivity index (χ3v) is 3.68. The Morgan fingerprint density at radius 2 is 1.73 bits per heavy atom. The number of hydrogen-bond acceptors (Lipinski definition) is 2. The Morgan fingerprint density at radius 1 is 1.05 bits per heavy atom. The van der Waals surface area contributed by atoms with Gasteiger partial charge < -0.3 is 5.32 Å². The van der Waals surface area contributed by atoms with Gasteiger partial charge in [0, 0.05) is 16.5 Å². The second-order valence-electron chi connectivity index (χ2n) is 5.42. The summed E-state index contributed by atoms with van der Waals surface area (Å²) in [6.45, 7) is 4.17. The summed E-state index contributed by atoms with van der Waals surface area (Å²) in [7, 11) is 0. The van der Waals surface area contributed by atoms with Crippen molar-refractivity contribution < 1.29 is 9.48 Å². The summed E-state index contributed by atoms with van der Waals surface area (Å²) in [5.74, 6) is -0.0785. The maximum Gasteiger partial charge on any atom is 0.292 e. The number of amides is 1. The topological polar surface area (TPSA) is 45.9 Å². The van der Waals surface area contributed by atoms with Crippen molar-refractivity contribution in [2.75, 3.05) is 5.32 Å². The first-order chi connectivity index (χ1) is 10.6. The van der Waals surface area contributed by atoms with E-state index in [0.717, 1.165) is 27.6 Å². The Balaban J connectivity index is 1.78. The van der Waals surface area contributed by atoms with E-state index in [2.05, 4.69) is 10.4 Å². The minimum absolute atomic E-state index is 0.0785. The molecule has 0 saturated carbocycles. The van der Waals surface area contributed by atoms with Crippen LogP contribution < -0.4 is 10.00 Å². The SMILES string of the molecule is Cc1cccc(C)c1NC(=O)C[n+]1cc2ccccc2cn1. The first-order valence-corrected chi connectivity index (χ1v) is 7.24. The second-order valence-corrected chi connectivity index (χ2v) is 5.42. The van der Waals surface area contributed by atoms with Crippen molar-refractivity contribution in [3.8, 4) is 0 Å². The highest BCUT2D eigenvalue weighted by Crippen LogP contribution is 2.19. The van der Waals surface area contributed by atoms with Gasteiger partial charge in [0.25, 0.3) is 12.5 Å². The quantitative estimate of drug-likeness (QED) is 0.755. The summed E-state index contributed by atoms with van der Waals surface area (Å²) in [4.78, 5) is 12.3. The van der Waals surface area contributed by atoms with Crippen LogP contribution in [-0.4, -0.2) is 11.0 Å². The molecule has 1 heterocycles. The number of aryl methyl sites for hydroxylation is 2. The molecule has 0 atom stereocenters. The molecule has 4 heteroatoms. The standard InChI is InChI=1S/C18H17N3O/c1-13-6-5-7-14(2)18(13)20-17(22)12-21-11-16-9-4-3-8-15(16)10-19-21/h3-11H,12H2,1-2H3/p+1. The predicted molar refractivity (Wildman–Crippen MR) is 86.5 cm³/mol. The average Bonchev–Trinajstić information content (AvgIpc) is 2.51. The Kier molecular flexibility index (Phi) is 3.83. The van der Waals surface area contributed by atoms with Crippen molar-refractivity contribution in [3.63, 3.8) is 0 Å². The van der Waals surface area contributed by atoms with Crippen molar-refractivity contribution in [1.82, 2.24) is 5.10 Å². The molecule has 0 aliphatic carbocycles. The number of benzene rings is 2. The van der Waals surface area contributed by atoms with Crippen LogP contribution >= 0.6 is 0 Å².